The van der Waals surface area contributed by atoms with Gasteiger partial charge in [0.2, 0.25) is 0 Å². The van der Waals surface area contributed by atoms with Gasteiger partial charge in [-0.25, -0.2) is 0 Å². The Morgan fingerprint density at radius 1 is 1.50 bits per heavy atom. The fraction of sp³-hybridized carbons (Fsp3) is 0.500. The fourth-order valence-corrected chi connectivity index (χ4v) is 0.579. The predicted octanol–water partition coefficient (Wildman–Crippen LogP) is 2.67. The van der Waals surface area contributed by atoms with Gasteiger partial charge in [0.25, 0.3) is 0 Å². The van der Waals surface area contributed by atoms with Crippen molar-refractivity contribution >= 4 is 0 Å². The highest BCUT2D eigenvalue weighted by molar-refractivity contribution is 5.22. The largest absolute Gasteiger partial charge is 0.0848 e. The van der Waals surface area contributed by atoms with Crippen LogP contribution in [0.25, 0.3) is 0 Å². The zero-order chi connectivity index (χ0) is 5.82. The lowest BCUT2D eigenvalue weighted by molar-refractivity contribution is 1.22. The lowest BCUT2D eigenvalue weighted by Gasteiger charge is -1.71. The standard InChI is InChI=1S/C8H12/c1-2-3-4-5-8-6-7-8/h3-5H,2,6-7H2,1H3/b4-3-. The molecule has 1 fully saturated rings. The van der Waals surface area contributed by atoms with E-state index >= 15 is 0 Å². The maximum absolute atomic E-state index is 2.23. The molecule has 0 N–H and O–H groups in total. The van der Waals surface area contributed by atoms with Crippen molar-refractivity contribution in [2.45, 2.75) is 26.2 Å². The first kappa shape index (κ1) is 5.61. The minimum absolute atomic E-state index is 1.16. The Hall–Kier alpha value is -0.520. The summed E-state index contributed by atoms with van der Waals surface area (Å²) >= 11 is 0. The summed E-state index contributed by atoms with van der Waals surface area (Å²) in [5.74, 6) is 0. The van der Waals surface area contributed by atoms with Gasteiger partial charge in [-0.05, 0) is 19.3 Å². The van der Waals surface area contributed by atoms with E-state index in [9.17, 15) is 0 Å². The van der Waals surface area contributed by atoms with Crippen LogP contribution in [-0.2, 0) is 0 Å². The van der Waals surface area contributed by atoms with Gasteiger partial charge in [0, 0.05) is 0 Å². The second kappa shape index (κ2) is 2.71. The lowest BCUT2D eigenvalue weighted by atomic mass is 10.4. The van der Waals surface area contributed by atoms with Gasteiger partial charge in [-0.3, -0.25) is 0 Å². The fourth-order valence-electron chi connectivity index (χ4n) is 0.579. The van der Waals surface area contributed by atoms with E-state index in [1.54, 1.807) is 5.57 Å². The Labute approximate surface area is 50.9 Å². The highest BCUT2D eigenvalue weighted by Crippen LogP contribution is 2.27. The van der Waals surface area contributed by atoms with E-state index in [0.717, 1.165) is 6.42 Å². The van der Waals surface area contributed by atoms with E-state index in [4.69, 9.17) is 0 Å². The van der Waals surface area contributed by atoms with Crippen molar-refractivity contribution < 1.29 is 0 Å². The van der Waals surface area contributed by atoms with Gasteiger partial charge in [-0.1, -0.05) is 30.7 Å². The third kappa shape index (κ3) is 1.97. The Kier molecular flexibility index (Phi) is 1.90. The van der Waals surface area contributed by atoms with Crippen LogP contribution in [0.15, 0.2) is 23.8 Å². The van der Waals surface area contributed by atoms with Gasteiger partial charge in [0.05, 0.1) is 0 Å². The molecule has 1 saturated carbocycles. The molecule has 0 heteroatoms. The molecular weight excluding hydrogens is 96.1 g/mol. The third-order valence-electron chi connectivity index (χ3n) is 1.24. The third-order valence-corrected chi connectivity index (χ3v) is 1.24. The molecule has 0 atom stereocenters. The van der Waals surface area contributed by atoms with E-state index in [1.807, 2.05) is 0 Å². The predicted molar refractivity (Wildman–Crippen MR) is 36.7 cm³/mol. The molecule has 0 aromatic heterocycles. The van der Waals surface area contributed by atoms with Gasteiger partial charge in [-0.2, -0.15) is 0 Å². The van der Waals surface area contributed by atoms with E-state index in [-0.39, 0.29) is 0 Å². The quantitative estimate of drug-likeness (QED) is 0.510. The van der Waals surface area contributed by atoms with Crippen LogP contribution < -0.4 is 0 Å². The smallest absolute Gasteiger partial charge is 0.0280 e. The van der Waals surface area contributed by atoms with Gasteiger partial charge in [-0.15, -0.1) is 0 Å². The van der Waals surface area contributed by atoms with Crippen LogP contribution in [0.2, 0.25) is 0 Å². The van der Waals surface area contributed by atoms with Gasteiger partial charge < -0.3 is 0 Å². The Morgan fingerprint density at radius 3 is 2.75 bits per heavy atom. The molecule has 0 aromatic rings. The second-order valence-electron chi connectivity index (χ2n) is 2.16. The number of rotatable bonds is 2. The Balaban J connectivity index is 2.19. The van der Waals surface area contributed by atoms with Crippen molar-refractivity contribution in [2.75, 3.05) is 0 Å². The number of hydrogen-bond donors (Lipinski definition) is 0. The molecule has 0 radical (unpaired) electrons. The first-order valence-corrected chi connectivity index (χ1v) is 3.28. The Bertz CT molecular complexity index is 112. The molecule has 0 bridgehead atoms. The molecule has 1 rings (SSSR count). The molecule has 0 saturated heterocycles. The molecule has 8 heavy (non-hydrogen) atoms. The summed E-state index contributed by atoms with van der Waals surface area (Å²) < 4.78 is 0. The SMILES string of the molecule is CC/C=C\C=C1CC1. The minimum Gasteiger partial charge on any atom is -0.0848 e. The highest BCUT2D eigenvalue weighted by atomic mass is 14.1. The minimum atomic E-state index is 1.16. The zero-order valence-corrected chi connectivity index (χ0v) is 5.35. The number of hydrogen-bond acceptors (Lipinski definition) is 0. The normalized spacial score (nSPS) is 17.4. The van der Waals surface area contributed by atoms with Gasteiger partial charge >= 0.3 is 0 Å². The van der Waals surface area contributed by atoms with Gasteiger partial charge in [0.1, 0.15) is 0 Å². The average molecular weight is 108 g/mol. The maximum Gasteiger partial charge on any atom is -0.0280 e. The van der Waals surface area contributed by atoms with Crippen LogP contribution in [0.3, 0.4) is 0 Å². The van der Waals surface area contributed by atoms with Crippen molar-refractivity contribution in [1.82, 2.24) is 0 Å². The van der Waals surface area contributed by atoms with Crippen LogP contribution in [0.4, 0.5) is 0 Å². The first-order valence-electron chi connectivity index (χ1n) is 3.28. The maximum atomic E-state index is 2.23. The summed E-state index contributed by atoms with van der Waals surface area (Å²) in [5, 5.41) is 0. The summed E-state index contributed by atoms with van der Waals surface area (Å²) in [6.45, 7) is 2.15. The molecule has 0 spiro atoms. The summed E-state index contributed by atoms with van der Waals surface area (Å²) in [5.41, 5.74) is 1.61. The van der Waals surface area contributed by atoms with Crippen molar-refractivity contribution in [3.63, 3.8) is 0 Å². The van der Waals surface area contributed by atoms with Crippen LogP contribution in [-0.4, -0.2) is 0 Å². The van der Waals surface area contributed by atoms with Crippen molar-refractivity contribution in [3.8, 4) is 0 Å². The van der Waals surface area contributed by atoms with Crippen LogP contribution in [0, 0.1) is 0 Å². The lowest BCUT2D eigenvalue weighted by Crippen LogP contribution is -1.50. The van der Waals surface area contributed by atoms with Gasteiger partial charge in [0.15, 0.2) is 0 Å². The summed E-state index contributed by atoms with van der Waals surface area (Å²) in [6, 6.07) is 0. The topological polar surface area (TPSA) is 0 Å². The molecule has 1 aliphatic carbocycles. The molecule has 0 nitrogen and oxygen atoms in total. The molecular formula is C8H12. The average Bonchev–Trinajstić information content (AvgIpc) is 2.51. The molecule has 0 aromatic carbocycles. The molecule has 0 unspecified atom stereocenters. The molecule has 0 heterocycles. The molecule has 1 aliphatic rings. The van der Waals surface area contributed by atoms with E-state index in [1.165, 1.54) is 12.8 Å². The second-order valence-corrected chi connectivity index (χ2v) is 2.16. The molecule has 0 aliphatic heterocycles. The van der Waals surface area contributed by atoms with Crippen LogP contribution in [0.1, 0.15) is 26.2 Å². The van der Waals surface area contributed by atoms with Crippen LogP contribution >= 0.6 is 0 Å². The molecule has 0 amide bonds. The molecule has 44 valence electrons. The van der Waals surface area contributed by atoms with E-state index < -0.39 is 0 Å². The Morgan fingerprint density at radius 2 is 2.25 bits per heavy atom. The summed E-state index contributed by atoms with van der Waals surface area (Å²) in [6.07, 6.45) is 10.4. The highest BCUT2D eigenvalue weighted by Gasteiger charge is 2.07. The zero-order valence-electron chi connectivity index (χ0n) is 5.35. The van der Waals surface area contributed by atoms with Crippen LogP contribution in [0.5, 0.6) is 0 Å². The van der Waals surface area contributed by atoms with Crippen molar-refractivity contribution in [1.29, 1.82) is 0 Å². The van der Waals surface area contributed by atoms with Crippen molar-refractivity contribution in [3.05, 3.63) is 23.8 Å². The monoisotopic (exact) mass is 108 g/mol. The summed E-state index contributed by atoms with van der Waals surface area (Å²) in [7, 11) is 0. The van der Waals surface area contributed by atoms with E-state index in [2.05, 4.69) is 25.2 Å². The van der Waals surface area contributed by atoms with E-state index in [0.29, 0.717) is 0 Å². The first-order chi connectivity index (χ1) is 3.93. The number of allylic oxidation sites excluding steroid dienone is 4. The summed E-state index contributed by atoms with van der Waals surface area (Å²) in [4.78, 5) is 0. The van der Waals surface area contributed by atoms with Crippen molar-refractivity contribution in [2.24, 2.45) is 0 Å².